The fraction of sp³-hybridized carbons (Fsp3) is 0.0545. The van der Waals surface area contributed by atoms with Gasteiger partial charge in [0.05, 0.1) is 11.0 Å². The van der Waals surface area contributed by atoms with Crippen LogP contribution in [0, 0.1) is 0 Å². The van der Waals surface area contributed by atoms with Crippen LogP contribution < -0.4 is 25.5 Å². The van der Waals surface area contributed by atoms with Gasteiger partial charge in [0.25, 0.3) is 0 Å². The van der Waals surface area contributed by atoms with E-state index < -0.39 is 8.07 Å². The monoisotopic (exact) mass is 757 g/mol. The van der Waals surface area contributed by atoms with Crippen molar-refractivity contribution in [3.05, 3.63) is 211 Å². The summed E-state index contributed by atoms with van der Waals surface area (Å²) >= 11 is 0. The van der Waals surface area contributed by atoms with E-state index >= 15 is 0 Å². The third kappa shape index (κ3) is 4.54. The van der Waals surface area contributed by atoms with Crippen molar-refractivity contribution in [2.24, 2.45) is 0 Å². The first-order valence-electron chi connectivity index (χ1n) is 20.3. The Bertz CT molecular complexity index is 3260. The minimum Gasteiger partial charge on any atom is -0.458 e. The number of nitrogens with zero attached hydrogens (tertiary/aromatic N) is 1. The largest absolute Gasteiger partial charge is 0.458 e. The Balaban J connectivity index is 1.19. The van der Waals surface area contributed by atoms with Crippen molar-refractivity contribution in [2.45, 2.75) is 19.3 Å². The molecule has 0 spiro atoms. The first-order chi connectivity index (χ1) is 28.5. The van der Waals surface area contributed by atoms with Crippen molar-refractivity contribution >= 4 is 61.4 Å². The van der Waals surface area contributed by atoms with E-state index in [1.54, 1.807) is 0 Å². The Morgan fingerprint density at radius 2 is 1.09 bits per heavy atom. The van der Waals surface area contributed by atoms with E-state index in [0.29, 0.717) is 0 Å². The molecule has 12 rings (SSSR count). The van der Waals surface area contributed by atoms with Gasteiger partial charge >= 0.3 is 0 Å². The van der Waals surface area contributed by atoms with E-state index in [4.69, 9.17) is 4.74 Å². The summed E-state index contributed by atoms with van der Waals surface area (Å²) in [7, 11) is -3.16. The fourth-order valence-corrected chi connectivity index (χ4v) is 15.7. The predicted octanol–water partition coefficient (Wildman–Crippen LogP) is 11.4. The van der Waals surface area contributed by atoms with E-state index in [9.17, 15) is 0 Å². The highest BCUT2D eigenvalue weighted by Gasteiger charge is 2.50. The Kier molecular flexibility index (Phi) is 7.03. The van der Waals surface area contributed by atoms with Crippen LogP contribution >= 0.6 is 0 Å². The molecule has 0 fully saturated rings. The number of para-hydroxylation sites is 3. The lowest BCUT2D eigenvalue weighted by molar-refractivity contribution is 0.487. The van der Waals surface area contributed by atoms with Gasteiger partial charge in [-0.2, -0.15) is 0 Å². The summed E-state index contributed by atoms with van der Waals surface area (Å²) in [5.41, 5.74) is 11.3. The second-order valence-corrected chi connectivity index (χ2v) is 20.1. The molecule has 2 nitrogen and oxygen atoms in total. The van der Waals surface area contributed by atoms with Gasteiger partial charge in [-0.05, 0) is 102 Å². The maximum absolute atomic E-state index is 7.06. The zero-order chi connectivity index (χ0) is 38.6. The summed E-state index contributed by atoms with van der Waals surface area (Å²) in [4.78, 5) is 0. The summed E-state index contributed by atoms with van der Waals surface area (Å²) in [6.45, 7) is 4.74. The quantitative estimate of drug-likeness (QED) is 0.163. The molecule has 1 aliphatic carbocycles. The van der Waals surface area contributed by atoms with Crippen LogP contribution in [0.15, 0.2) is 200 Å². The van der Waals surface area contributed by atoms with Crippen LogP contribution in [0.25, 0.3) is 60.5 Å². The molecule has 10 aromatic rings. The number of hydrogen-bond donors (Lipinski definition) is 0. The van der Waals surface area contributed by atoms with E-state index in [1.165, 1.54) is 86.7 Å². The Labute approximate surface area is 339 Å². The summed E-state index contributed by atoms with van der Waals surface area (Å²) in [5, 5.41) is 10.2. The van der Waals surface area contributed by atoms with Gasteiger partial charge in [-0.3, -0.25) is 0 Å². The maximum Gasteiger partial charge on any atom is 0.189 e. The van der Waals surface area contributed by atoms with Crippen molar-refractivity contribution in [1.82, 2.24) is 4.57 Å². The van der Waals surface area contributed by atoms with Crippen LogP contribution in [0.3, 0.4) is 0 Å². The topological polar surface area (TPSA) is 14.2 Å². The van der Waals surface area contributed by atoms with Crippen molar-refractivity contribution < 1.29 is 4.74 Å². The highest BCUT2D eigenvalue weighted by Crippen LogP contribution is 2.50. The summed E-state index contributed by atoms with van der Waals surface area (Å²) < 4.78 is 9.51. The van der Waals surface area contributed by atoms with Crippen LogP contribution in [-0.2, 0) is 5.41 Å². The second kappa shape index (κ2) is 12.3. The molecule has 1 aromatic heterocycles. The number of fused-ring (bicyclic) bond motifs is 9. The van der Waals surface area contributed by atoms with E-state index in [-0.39, 0.29) is 5.41 Å². The van der Waals surface area contributed by atoms with Crippen LogP contribution in [0.2, 0.25) is 0 Å². The van der Waals surface area contributed by atoms with Crippen LogP contribution in [0.1, 0.15) is 25.0 Å². The first kappa shape index (κ1) is 33.2. The summed E-state index contributed by atoms with van der Waals surface area (Å²) in [5.74, 6) is 1.86. The zero-order valence-corrected chi connectivity index (χ0v) is 33.4. The number of hydrogen-bond acceptors (Lipinski definition) is 1. The number of ether oxygens (including phenoxy) is 1. The number of aromatic nitrogens is 1. The van der Waals surface area contributed by atoms with Crippen LogP contribution in [0.5, 0.6) is 11.5 Å². The highest BCUT2D eigenvalue weighted by molar-refractivity contribution is 7.21. The van der Waals surface area contributed by atoms with Gasteiger partial charge in [0.15, 0.2) is 8.07 Å². The van der Waals surface area contributed by atoms with E-state index in [0.717, 1.165) is 17.2 Å². The maximum atomic E-state index is 7.06. The number of benzene rings is 9. The predicted molar refractivity (Wildman–Crippen MR) is 245 cm³/mol. The molecule has 2 aliphatic rings. The minimum atomic E-state index is -3.16. The molecule has 0 amide bonds. The molecule has 2 heterocycles. The molecule has 1 aliphatic heterocycles. The summed E-state index contributed by atoms with van der Waals surface area (Å²) in [6, 6.07) is 74.6. The average Bonchev–Trinajstić information content (AvgIpc) is 3.73. The zero-order valence-electron chi connectivity index (χ0n) is 32.4. The molecule has 1 unspecified atom stereocenters. The van der Waals surface area contributed by atoms with Crippen molar-refractivity contribution in [3.63, 3.8) is 0 Å². The average molecular weight is 758 g/mol. The third-order valence-corrected chi connectivity index (χ3v) is 17.9. The Morgan fingerprint density at radius 1 is 0.448 bits per heavy atom. The van der Waals surface area contributed by atoms with Gasteiger partial charge in [0, 0.05) is 27.1 Å². The molecule has 0 bridgehead atoms. The molecule has 3 heteroatoms. The molecule has 58 heavy (non-hydrogen) atoms. The Morgan fingerprint density at radius 3 is 1.93 bits per heavy atom. The van der Waals surface area contributed by atoms with Gasteiger partial charge in [-0.15, -0.1) is 0 Å². The molecular weight excluding hydrogens is 719 g/mol. The number of rotatable bonds is 4. The molecule has 1 atom stereocenters. The lowest BCUT2D eigenvalue weighted by Gasteiger charge is -2.41. The van der Waals surface area contributed by atoms with Crippen molar-refractivity contribution in [2.75, 3.05) is 0 Å². The van der Waals surface area contributed by atoms with Gasteiger partial charge in [0.1, 0.15) is 11.5 Å². The third-order valence-electron chi connectivity index (χ3n) is 13.1. The fourth-order valence-electron chi connectivity index (χ4n) is 10.5. The highest BCUT2D eigenvalue weighted by atomic mass is 28.3. The lowest BCUT2D eigenvalue weighted by atomic mass is 9.81. The molecule has 0 radical (unpaired) electrons. The molecule has 9 aromatic carbocycles. The van der Waals surface area contributed by atoms with Crippen molar-refractivity contribution in [1.29, 1.82) is 0 Å². The Hall–Kier alpha value is -6.94. The first-order valence-corrected chi connectivity index (χ1v) is 22.3. The molecule has 0 saturated carbocycles. The van der Waals surface area contributed by atoms with Gasteiger partial charge < -0.3 is 9.30 Å². The van der Waals surface area contributed by atoms with Gasteiger partial charge in [0.2, 0.25) is 0 Å². The summed E-state index contributed by atoms with van der Waals surface area (Å²) in [6.07, 6.45) is 0. The standard InChI is InChI=1S/C55H39NOSi/c1-55(2)47-23-8-5-19-43(47)44-32-30-38(34-48(44)55)42-22-14-27-52-54(42)58(53-28-12-11-26-51(53)57-52,41-31-29-36-15-3-4-16-37(36)33-41)40-18-13-17-39(35-40)56-49-24-9-6-20-45(49)46-21-7-10-25-50(46)56/h3-35H,1-2H3. The normalized spacial score (nSPS) is 16.1. The van der Waals surface area contributed by atoms with E-state index in [1.807, 2.05) is 0 Å². The lowest BCUT2D eigenvalue weighted by Crippen LogP contribution is -2.76. The van der Waals surface area contributed by atoms with Gasteiger partial charge in [-0.1, -0.05) is 172 Å². The van der Waals surface area contributed by atoms with E-state index in [2.05, 4.69) is 219 Å². The molecular formula is C55H39NOSi. The van der Waals surface area contributed by atoms with Crippen LogP contribution in [-0.4, -0.2) is 12.6 Å². The van der Waals surface area contributed by atoms with Crippen LogP contribution in [0.4, 0.5) is 0 Å². The van der Waals surface area contributed by atoms with Crippen molar-refractivity contribution in [3.8, 4) is 39.4 Å². The molecule has 0 saturated heterocycles. The smallest absolute Gasteiger partial charge is 0.189 e. The second-order valence-electron chi connectivity index (χ2n) is 16.4. The molecule has 0 N–H and O–H groups in total. The molecule has 274 valence electrons. The van der Waals surface area contributed by atoms with Gasteiger partial charge in [-0.25, -0.2) is 0 Å². The minimum absolute atomic E-state index is 0.122. The SMILES string of the molecule is CC1(C)c2ccccc2-c2ccc(-c3cccc4c3[Si](c3cccc(-n5c6ccccc6c6ccccc65)c3)(c3ccc5ccccc5c3)c3ccccc3O4)cc21.